The van der Waals surface area contributed by atoms with Crippen LogP contribution in [0.1, 0.15) is 15.9 Å². The van der Waals surface area contributed by atoms with Crippen LogP contribution in [0.5, 0.6) is 0 Å². The predicted molar refractivity (Wildman–Crippen MR) is 110 cm³/mol. The van der Waals surface area contributed by atoms with Crippen LogP contribution >= 0.6 is 11.6 Å². The number of carbonyl (C=O) groups excluding carboxylic acids is 1. The molecule has 144 valence electrons. The Morgan fingerprint density at radius 1 is 1.10 bits per heavy atom. The Morgan fingerprint density at radius 2 is 1.86 bits per heavy atom. The molecule has 0 atom stereocenters. The number of nitrogens with zero attached hydrogens (tertiary/aromatic N) is 2. The number of nitrogens with one attached hydrogen (secondary N) is 1. The number of rotatable bonds is 4. The summed E-state index contributed by atoms with van der Waals surface area (Å²) in [6.07, 6.45) is 0. The lowest BCUT2D eigenvalue weighted by molar-refractivity contribution is -0.384. The van der Waals surface area contributed by atoms with Crippen molar-refractivity contribution in [3.05, 3.63) is 86.9 Å². The largest absolute Gasteiger partial charge is 0.436 e. The number of aromatic nitrogens is 1. The molecule has 0 radical (unpaired) electrons. The van der Waals surface area contributed by atoms with Gasteiger partial charge in [0.25, 0.3) is 11.6 Å². The molecule has 0 unspecified atom stereocenters. The lowest BCUT2D eigenvalue weighted by Crippen LogP contribution is -2.11. The van der Waals surface area contributed by atoms with Crippen molar-refractivity contribution in [3.63, 3.8) is 0 Å². The third kappa shape index (κ3) is 3.81. The van der Waals surface area contributed by atoms with Gasteiger partial charge in [-0.3, -0.25) is 14.9 Å². The molecule has 0 saturated heterocycles. The zero-order valence-corrected chi connectivity index (χ0v) is 15.9. The highest BCUT2D eigenvalue weighted by atomic mass is 35.5. The number of nitro groups is 1. The first-order valence-electron chi connectivity index (χ1n) is 8.63. The highest BCUT2D eigenvalue weighted by Crippen LogP contribution is 2.29. The van der Waals surface area contributed by atoms with Crippen molar-refractivity contribution < 1.29 is 14.1 Å². The lowest BCUT2D eigenvalue weighted by Gasteiger charge is -2.04. The van der Waals surface area contributed by atoms with Gasteiger partial charge in [0.05, 0.1) is 4.92 Å². The molecule has 1 heterocycles. The van der Waals surface area contributed by atoms with Gasteiger partial charge in [0.15, 0.2) is 5.58 Å². The second kappa shape index (κ2) is 7.37. The van der Waals surface area contributed by atoms with Crippen LogP contribution in [0.4, 0.5) is 11.4 Å². The molecule has 0 fully saturated rings. The lowest BCUT2D eigenvalue weighted by atomic mass is 10.1. The fourth-order valence-corrected chi connectivity index (χ4v) is 2.97. The number of fused-ring (bicyclic) bond motifs is 1. The average Bonchev–Trinajstić information content (AvgIpc) is 3.13. The predicted octanol–water partition coefficient (Wildman–Crippen LogP) is 5.62. The Hall–Kier alpha value is -3.71. The van der Waals surface area contributed by atoms with Gasteiger partial charge in [-0.2, -0.15) is 0 Å². The number of aryl methyl sites for hydroxylation is 1. The first-order chi connectivity index (χ1) is 13.9. The summed E-state index contributed by atoms with van der Waals surface area (Å²) < 4.78 is 5.78. The van der Waals surface area contributed by atoms with Crippen LogP contribution in [0.2, 0.25) is 5.02 Å². The Morgan fingerprint density at radius 3 is 2.55 bits per heavy atom. The number of hydrogen-bond acceptors (Lipinski definition) is 5. The molecule has 0 saturated carbocycles. The van der Waals surface area contributed by atoms with E-state index in [4.69, 9.17) is 16.0 Å². The number of benzene rings is 3. The summed E-state index contributed by atoms with van der Waals surface area (Å²) in [4.78, 5) is 27.1. The number of oxazole rings is 1. The molecule has 0 bridgehead atoms. The molecule has 0 aliphatic rings. The van der Waals surface area contributed by atoms with Crippen LogP contribution in [0.3, 0.4) is 0 Å². The maximum absolute atomic E-state index is 12.4. The Labute approximate surface area is 170 Å². The van der Waals surface area contributed by atoms with E-state index in [1.807, 2.05) is 19.1 Å². The van der Waals surface area contributed by atoms with Crippen LogP contribution in [0.25, 0.3) is 22.6 Å². The fourth-order valence-electron chi connectivity index (χ4n) is 2.79. The Balaban J connectivity index is 1.57. The van der Waals surface area contributed by atoms with Gasteiger partial charge in [-0.25, -0.2) is 4.98 Å². The number of carbonyl (C=O) groups is 1. The van der Waals surface area contributed by atoms with Crippen molar-refractivity contribution in [2.24, 2.45) is 0 Å². The van der Waals surface area contributed by atoms with E-state index in [2.05, 4.69) is 10.3 Å². The van der Waals surface area contributed by atoms with Gasteiger partial charge in [0.2, 0.25) is 5.89 Å². The minimum absolute atomic E-state index is 0.0747. The quantitative estimate of drug-likeness (QED) is 0.350. The second-order valence-corrected chi connectivity index (χ2v) is 6.83. The summed E-state index contributed by atoms with van der Waals surface area (Å²) in [5, 5.41) is 14.1. The summed E-state index contributed by atoms with van der Waals surface area (Å²) in [6.45, 7) is 1.91. The maximum Gasteiger partial charge on any atom is 0.269 e. The molecule has 4 aromatic rings. The molecular formula is C21H14ClN3O4. The van der Waals surface area contributed by atoms with Gasteiger partial charge in [0.1, 0.15) is 5.52 Å². The number of hydrogen-bond donors (Lipinski definition) is 1. The van der Waals surface area contributed by atoms with E-state index in [9.17, 15) is 14.9 Å². The molecule has 0 aliphatic heterocycles. The fraction of sp³-hybridized carbons (Fsp3) is 0.0476. The molecule has 7 nitrogen and oxygen atoms in total. The van der Waals surface area contributed by atoms with E-state index in [-0.39, 0.29) is 11.6 Å². The number of halogens is 1. The third-order valence-corrected chi connectivity index (χ3v) is 4.81. The van der Waals surface area contributed by atoms with Crippen LogP contribution in [0, 0.1) is 17.0 Å². The van der Waals surface area contributed by atoms with Crippen LogP contribution in [0.15, 0.2) is 65.1 Å². The number of non-ortho nitro benzene ring substituents is 1. The normalized spacial score (nSPS) is 10.8. The van der Waals surface area contributed by atoms with Crippen molar-refractivity contribution in [3.8, 4) is 11.5 Å². The Kier molecular flexibility index (Phi) is 4.74. The van der Waals surface area contributed by atoms with E-state index >= 15 is 0 Å². The SMILES string of the molecule is Cc1ccc(-c2nc3cc(NC(=O)c4ccc([N+](=O)[O-])cc4)ccc3o2)cc1Cl. The minimum atomic E-state index is -0.515. The van der Waals surface area contributed by atoms with Gasteiger partial charge in [0, 0.05) is 34.0 Å². The van der Waals surface area contributed by atoms with Crippen molar-refractivity contribution in [2.75, 3.05) is 5.32 Å². The smallest absolute Gasteiger partial charge is 0.269 e. The zero-order valence-electron chi connectivity index (χ0n) is 15.2. The highest BCUT2D eigenvalue weighted by Gasteiger charge is 2.13. The number of nitro benzene ring substituents is 1. The molecule has 0 spiro atoms. The molecule has 3 aromatic carbocycles. The van der Waals surface area contributed by atoms with Gasteiger partial charge in [-0.1, -0.05) is 17.7 Å². The highest BCUT2D eigenvalue weighted by molar-refractivity contribution is 6.31. The summed E-state index contributed by atoms with van der Waals surface area (Å²) in [6, 6.07) is 16.0. The van der Waals surface area contributed by atoms with Crippen molar-refractivity contribution in [2.45, 2.75) is 6.92 Å². The first kappa shape index (κ1) is 18.6. The maximum atomic E-state index is 12.4. The van der Waals surface area contributed by atoms with E-state index in [0.29, 0.717) is 33.3 Å². The van der Waals surface area contributed by atoms with Crippen LogP contribution in [-0.4, -0.2) is 15.8 Å². The molecule has 8 heteroatoms. The van der Waals surface area contributed by atoms with Crippen molar-refractivity contribution in [1.82, 2.24) is 4.98 Å². The van der Waals surface area contributed by atoms with Gasteiger partial charge in [-0.05, 0) is 55.0 Å². The van der Waals surface area contributed by atoms with Gasteiger partial charge >= 0.3 is 0 Å². The van der Waals surface area contributed by atoms with Gasteiger partial charge < -0.3 is 9.73 Å². The molecule has 0 aliphatic carbocycles. The van der Waals surface area contributed by atoms with Crippen LogP contribution in [-0.2, 0) is 0 Å². The van der Waals surface area contributed by atoms with E-state index in [1.165, 1.54) is 24.3 Å². The molecule has 1 aromatic heterocycles. The summed E-state index contributed by atoms with van der Waals surface area (Å²) >= 11 is 6.18. The molecule has 1 amide bonds. The van der Waals surface area contributed by atoms with E-state index < -0.39 is 4.92 Å². The minimum Gasteiger partial charge on any atom is -0.436 e. The molecule has 4 rings (SSSR count). The molecule has 29 heavy (non-hydrogen) atoms. The molecular weight excluding hydrogens is 394 g/mol. The molecule has 1 N–H and O–H groups in total. The standard InChI is InChI=1S/C21H14ClN3O4/c1-12-2-3-14(10-17(12)22)21-24-18-11-15(6-9-19(18)29-21)23-20(26)13-4-7-16(8-5-13)25(27)28/h2-11H,1H3,(H,23,26). The monoisotopic (exact) mass is 407 g/mol. The second-order valence-electron chi connectivity index (χ2n) is 6.42. The van der Waals surface area contributed by atoms with Crippen molar-refractivity contribution >= 4 is 40.0 Å². The van der Waals surface area contributed by atoms with E-state index in [0.717, 1.165) is 11.1 Å². The third-order valence-electron chi connectivity index (χ3n) is 4.40. The average molecular weight is 408 g/mol. The number of amides is 1. The van der Waals surface area contributed by atoms with Crippen LogP contribution < -0.4 is 5.32 Å². The van der Waals surface area contributed by atoms with E-state index in [1.54, 1.807) is 24.3 Å². The number of anilines is 1. The Bertz CT molecular complexity index is 1250. The summed E-state index contributed by atoms with van der Waals surface area (Å²) in [5.74, 6) is 0.0500. The van der Waals surface area contributed by atoms with Crippen molar-refractivity contribution in [1.29, 1.82) is 0 Å². The zero-order chi connectivity index (χ0) is 20.5. The topological polar surface area (TPSA) is 98.3 Å². The first-order valence-corrected chi connectivity index (χ1v) is 9.01. The van der Waals surface area contributed by atoms with Gasteiger partial charge in [-0.15, -0.1) is 0 Å². The summed E-state index contributed by atoms with van der Waals surface area (Å²) in [5.41, 5.74) is 3.64. The summed E-state index contributed by atoms with van der Waals surface area (Å²) in [7, 11) is 0.